The first-order valence-corrected chi connectivity index (χ1v) is 9.88. The van der Waals surface area contributed by atoms with Crippen LogP contribution in [-0.4, -0.2) is 64.0 Å². The predicted molar refractivity (Wildman–Crippen MR) is 90.3 cm³/mol. The highest BCUT2D eigenvalue weighted by Crippen LogP contribution is 2.41. The molecule has 0 saturated carbocycles. The zero-order chi connectivity index (χ0) is 17.2. The average Bonchev–Trinajstić information content (AvgIpc) is 3.10. The van der Waals surface area contributed by atoms with Crippen molar-refractivity contribution in [1.82, 2.24) is 14.6 Å². The van der Waals surface area contributed by atoms with Gasteiger partial charge in [-0.1, -0.05) is 6.07 Å². The number of sulfonamides is 1. The Morgan fingerprint density at radius 2 is 2.38 bits per heavy atom. The second kappa shape index (κ2) is 6.95. The van der Waals surface area contributed by atoms with Crippen LogP contribution in [0.2, 0.25) is 0 Å². The van der Waals surface area contributed by atoms with Gasteiger partial charge in [0, 0.05) is 49.3 Å². The van der Waals surface area contributed by atoms with E-state index in [2.05, 4.69) is 14.6 Å². The Labute approximate surface area is 143 Å². The highest BCUT2D eigenvalue weighted by atomic mass is 32.2. The molecule has 24 heavy (non-hydrogen) atoms. The second-order valence-electron chi connectivity index (χ2n) is 6.64. The monoisotopic (exact) mass is 355 g/mol. The summed E-state index contributed by atoms with van der Waals surface area (Å²) in [4.78, 5) is 6.58. The molecule has 0 aromatic carbocycles. The maximum Gasteiger partial charge on any atom is 0.217 e. The van der Waals surface area contributed by atoms with Gasteiger partial charge >= 0.3 is 0 Å². The number of hydrogen-bond donors (Lipinski definition) is 1. The average molecular weight is 355 g/mol. The van der Waals surface area contributed by atoms with Crippen molar-refractivity contribution >= 4 is 10.0 Å². The Balaban J connectivity index is 1.69. The largest absolute Gasteiger partial charge is 0.481 e. The topological polar surface area (TPSA) is 80.8 Å². The second-order valence-corrected chi connectivity index (χ2v) is 8.74. The van der Waals surface area contributed by atoms with Crippen LogP contribution in [0.25, 0.3) is 0 Å². The molecule has 0 radical (unpaired) electrons. The summed E-state index contributed by atoms with van der Waals surface area (Å²) in [6.45, 7) is 5.83. The molecule has 134 valence electrons. The van der Waals surface area contributed by atoms with Gasteiger partial charge in [0.05, 0.1) is 26.1 Å². The molecule has 2 saturated heterocycles. The standard InChI is InChI=1S/C16H25N3O4S/c1-3-24(20,21)18-10-16-11-19(8-14(16)9-23-12-16)7-13-5-4-6-17-15(13)22-2/h4-6,14,18H,3,7-12H2,1-2H3/t14-,16+/m1/s1. The molecule has 2 aliphatic heterocycles. The van der Waals surface area contributed by atoms with E-state index in [0.29, 0.717) is 31.6 Å². The summed E-state index contributed by atoms with van der Waals surface area (Å²) in [5, 5.41) is 0. The van der Waals surface area contributed by atoms with Crippen molar-refractivity contribution < 1.29 is 17.9 Å². The zero-order valence-corrected chi connectivity index (χ0v) is 15.0. The van der Waals surface area contributed by atoms with E-state index in [1.807, 2.05) is 12.1 Å². The van der Waals surface area contributed by atoms with Gasteiger partial charge < -0.3 is 9.47 Å². The molecule has 8 heteroatoms. The Kier molecular flexibility index (Phi) is 5.10. The minimum absolute atomic E-state index is 0.102. The molecule has 3 rings (SSSR count). The number of aromatic nitrogens is 1. The van der Waals surface area contributed by atoms with Crippen molar-refractivity contribution in [2.24, 2.45) is 11.3 Å². The first kappa shape index (κ1) is 17.6. The molecule has 2 aliphatic rings. The van der Waals surface area contributed by atoms with Crippen LogP contribution in [0.15, 0.2) is 18.3 Å². The lowest BCUT2D eigenvalue weighted by Crippen LogP contribution is -2.43. The number of hydrogen-bond acceptors (Lipinski definition) is 6. The van der Waals surface area contributed by atoms with Crippen LogP contribution in [0.1, 0.15) is 12.5 Å². The van der Waals surface area contributed by atoms with E-state index >= 15 is 0 Å². The van der Waals surface area contributed by atoms with Crippen LogP contribution in [0.4, 0.5) is 0 Å². The van der Waals surface area contributed by atoms with Gasteiger partial charge in [0.2, 0.25) is 15.9 Å². The Morgan fingerprint density at radius 3 is 3.12 bits per heavy atom. The Morgan fingerprint density at radius 1 is 1.54 bits per heavy atom. The lowest BCUT2D eigenvalue weighted by molar-refractivity contribution is 0.128. The third-order valence-electron chi connectivity index (χ3n) is 5.05. The summed E-state index contributed by atoms with van der Waals surface area (Å²) < 4.78 is 37.3. The number of rotatable bonds is 7. The molecule has 7 nitrogen and oxygen atoms in total. The number of nitrogens with one attached hydrogen (secondary N) is 1. The fraction of sp³-hybridized carbons (Fsp3) is 0.688. The minimum atomic E-state index is -3.19. The van der Waals surface area contributed by atoms with Gasteiger partial charge in [0.15, 0.2) is 0 Å². The summed E-state index contributed by atoms with van der Waals surface area (Å²) in [7, 11) is -1.57. The van der Waals surface area contributed by atoms with Crippen molar-refractivity contribution in [2.75, 3.05) is 45.7 Å². The predicted octanol–water partition coefficient (Wildman–Crippen LogP) is 0.478. The summed E-state index contributed by atoms with van der Waals surface area (Å²) in [5.74, 6) is 1.09. The van der Waals surface area contributed by atoms with Crippen molar-refractivity contribution in [3.8, 4) is 5.88 Å². The van der Waals surface area contributed by atoms with Gasteiger partial charge in [-0.05, 0) is 13.0 Å². The number of pyridine rings is 1. The van der Waals surface area contributed by atoms with Gasteiger partial charge in [0.25, 0.3) is 0 Å². The van der Waals surface area contributed by atoms with Gasteiger partial charge in [0.1, 0.15) is 0 Å². The van der Waals surface area contributed by atoms with Crippen molar-refractivity contribution in [3.63, 3.8) is 0 Å². The van der Waals surface area contributed by atoms with E-state index in [1.165, 1.54) is 0 Å². The Hall–Kier alpha value is -1.22. The number of nitrogens with zero attached hydrogens (tertiary/aromatic N) is 2. The quantitative estimate of drug-likeness (QED) is 0.766. The van der Waals surface area contributed by atoms with E-state index in [0.717, 1.165) is 25.2 Å². The maximum atomic E-state index is 11.8. The first-order valence-electron chi connectivity index (χ1n) is 8.23. The molecule has 3 heterocycles. The fourth-order valence-electron chi connectivity index (χ4n) is 3.64. The van der Waals surface area contributed by atoms with Crippen LogP contribution < -0.4 is 9.46 Å². The molecule has 2 fully saturated rings. The van der Waals surface area contributed by atoms with Gasteiger partial charge in [-0.2, -0.15) is 0 Å². The third-order valence-corrected chi connectivity index (χ3v) is 6.40. The first-order chi connectivity index (χ1) is 11.5. The van der Waals surface area contributed by atoms with E-state index in [-0.39, 0.29) is 11.2 Å². The van der Waals surface area contributed by atoms with Crippen LogP contribution in [-0.2, 0) is 21.3 Å². The van der Waals surface area contributed by atoms with E-state index in [4.69, 9.17) is 9.47 Å². The normalized spacial score (nSPS) is 27.3. The molecule has 2 atom stereocenters. The van der Waals surface area contributed by atoms with Crippen LogP contribution in [0, 0.1) is 11.3 Å². The van der Waals surface area contributed by atoms with Crippen molar-refractivity contribution in [1.29, 1.82) is 0 Å². The van der Waals surface area contributed by atoms with E-state index in [1.54, 1.807) is 20.2 Å². The summed E-state index contributed by atoms with van der Waals surface area (Å²) in [6.07, 6.45) is 1.72. The molecule has 0 bridgehead atoms. The summed E-state index contributed by atoms with van der Waals surface area (Å²) in [6, 6.07) is 3.92. The third kappa shape index (κ3) is 3.56. The van der Waals surface area contributed by atoms with Crippen LogP contribution in [0.3, 0.4) is 0 Å². The molecule has 1 aromatic rings. The highest BCUT2D eigenvalue weighted by Gasteiger charge is 2.50. The maximum absolute atomic E-state index is 11.8. The molecular weight excluding hydrogens is 330 g/mol. The number of ether oxygens (including phenoxy) is 2. The smallest absolute Gasteiger partial charge is 0.217 e. The molecule has 0 amide bonds. The van der Waals surface area contributed by atoms with Crippen molar-refractivity contribution in [2.45, 2.75) is 13.5 Å². The van der Waals surface area contributed by atoms with Crippen molar-refractivity contribution in [3.05, 3.63) is 23.9 Å². The Bertz CT molecular complexity index is 682. The molecule has 0 spiro atoms. The number of likely N-dealkylation sites (tertiary alicyclic amines) is 1. The molecule has 1 aromatic heterocycles. The van der Waals surface area contributed by atoms with Gasteiger partial charge in [-0.3, -0.25) is 4.90 Å². The fourth-order valence-corrected chi connectivity index (χ4v) is 4.35. The number of fused-ring (bicyclic) bond motifs is 1. The van der Waals surface area contributed by atoms with Crippen LogP contribution in [0.5, 0.6) is 5.88 Å². The summed E-state index contributed by atoms with van der Waals surface area (Å²) >= 11 is 0. The lowest BCUT2D eigenvalue weighted by atomic mass is 9.81. The van der Waals surface area contributed by atoms with E-state index in [9.17, 15) is 8.42 Å². The number of methoxy groups -OCH3 is 1. The molecule has 1 N–H and O–H groups in total. The summed E-state index contributed by atoms with van der Waals surface area (Å²) in [5.41, 5.74) is 0.905. The molecule has 0 unspecified atom stereocenters. The van der Waals surface area contributed by atoms with Crippen LogP contribution >= 0.6 is 0 Å². The zero-order valence-electron chi connectivity index (χ0n) is 14.2. The van der Waals surface area contributed by atoms with Gasteiger partial charge in [-0.15, -0.1) is 0 Å². The highest BCUT2D eigenvalue weighted by molar-refractivity contribution is 7.89. The molecular formula is C16H25N3O4S. The van der Waals surface area contributed by atoms with Gasteiger partial charge in [-0.25, -0.2) is 18.1 Å². The SMILES string of the molecule is CCS(=O)(=O)NC[C@]12COC[C@H]1CN(Cc1cccnc1OC)C2. The molecule has 0 aliphatic carbocycles. The van der Waals surface area contributed by atoms with E-state index < -0.39 is 10.0 Å². The minimum Gasteiger partial charge on any atom is -0.481 e. The lowest BCUT2D eigenvalue weighted by Gasteiger charge is -2.27.